The molecule has 3 aromatic rings. The van der Waals surface area contributed by atoms with Gasteiger partial charge >= 0.3 is 0 Å². The summed E-state index contributed by atoms with van der Waals surface area (Å²) >= 11 is 0. The van der Waals surface area contributed by atoms with Gasteiger partial charge in [0.25, 0.3) is 5.56 Å². The summed E-state index contributed by atoms with van der Waals surface area (Å²) in [6.07, 6.45) is 2.21. The summed E-state index contributed by atoms with van der Waals surface area (Å²) in [6.45, 7) is 4.43. The van der Waals surface area contributed by atoms with Gasteiger partial charge in [0, 0.05) is 25.0 Å². The molecule has 6 heteroatoms. The highest BCUT2D eigenvalue weighted by molar-refractivity contribution is 5.91. The zero-order chi connectivity index (χ0) is 20.2. The van der Waals surface area contributed by atoms with Gasteiger partial charge in [-0.15, -0.1) is 0 Å². The zero-order valence-corrected chi connectivity index (χ0v) is 16.7. The van der Waals surface area contributed by atoms with Crippen molar-refractivity contribution in [2.75, 3.05) is 18.0 Å². The number of carbonyl (C=O) groups excluding carboxylic acids is 1. The summed E-state index contributed by atoms with van der Waals surface area (Å²) in [5.41, 5.74) is 0.785. The monoisotopic (exact) mass is 390 g/mol. The van der Waals surface area contributed by atoms with Gasteiger partial charge in [-0.05, 0) is 30.4 Å². The fourth-order valence-electron chi connectivity index (χ4n) is 3.77. The molecule has 1 aliphatic rings. The molecule has 0 atom stereocenters. The van der Waals surface area contributed by atoms with Gasteiger partial charge in [-0.1, -0.05) is 55.5 Å². The minimum absolute atomic E-state index is 0.0895. The van der Waals surface area contributed by atoms with Crippen molar-refractivity contribution >= 4 is 22.5 Å². The lowest BCUT2D eigenvalue weighted by Crippen LogP contribution is -2.38. The Morgan fingerprint density at radius 2 is 1.69 bits per heavy atom. The van der Waals surface area contributed by atoms with Gasteiger partial charge in [-0.3, -0.25) is 9.59 Å². The Hall–Kier alpha value is -3.15. The van der Waals surface area contributed by atoms with Crippen molar-refractivity contribution in [2.24, 2.45) is 5.92 Å². The second-order valence-electron chi connectivity index (χ2n) is 7.76. The fourth-order valence-corrected chi connectivity index (χ4v) is 3.77. The highest BCUT2D eigenvalue weighted by Crippen LogP contribution is 2.26. The van der Waals surface area contributed by atoms with E-state index in [4.69, 9.17) is 0 Å². The van der Waals surface area contributed by atoms with Crippen LogP contribution in [0.3, 0.4) is 0 Å². The van der Waals surface area contributed by atoms with Gasteiger partial charge in [-0.25, -0.2) is 4.68 Å². The van der Waals surface area contributed by atoms with Crippen LogP contribution < -0.4 is 15.8 Å². The Morgan fingerprint density at radius 1 is 1.03 bits per heavy atom. The molecular weight excluding hydrogens is 364 g/mol. The van der Waals surface area contributed by atoms with E-state index in [-0.39, 0.29) is 18.0 Å². The minimum Gasteiger partial charge on any atom is -0.355 e. The predicted molar refractivity (Wildman–Crippen MR) is 115 cm³/mol. The van der Waals surface area contributed by atoms with E-state index in [1.807, 2.05) is 54.6 Å². The van der Waals surface area contributed by atoms with Crippen molar-refractivity contribution in [3.8, 4) is 0 Å². The van der Waals surface area contributed by atoms with Gasteiger partial charge in [0.1, 0.15) is 6.54 Å². The number of amides is 1. The van der Waals surface area contributed by atoms with E-state index < -0.39 is 0 Å². The normalized spacial score (nSPS) is 14.9. The van der Waals surface area contributed by atoms with Crippen LogP contribution in [0.15, 0.2) is 59.4 Å². The molecule has 4 rings (SSSR count). The first-order valence-electron chi connectivity index (χ1n) is 10.2. The van der Waals surface area contributed by atoms with Gasteiger partial charge < -0.3 is 10.2 Å². The standard InChI is InChI=1S/C23H26N4O2/c1-17-11-13-26(14-12-17)22-19-9-5-6-10-20(19)23(29)27(25-22)16-21(28)24-15-18-7-3-2-4-8-18/h2-10,17H,11-16H2,1H3,(H,24,28). The smallest absolute Gasteiger partial charge is 0.275 e. The molecule has 1 saturated heterocycles. The molecule has 0 spiro atoms. The van der Waals surface area contributed by atoms with E-state index in [9.17, 15) is 9.59 Å². The summed E-state index contributed by atoms with van der Waals surface area (Å²) in [6, 6.07) is 17.2. The predicted octanol–water partition coefficient (Wildman–Crippen LogP) is 2.95. The first kappa shape index (κ1) is 19.2. The van der Waals surface area contributed by atoms with E-state index in [1.54, 1.807) is 0 Å². The van der Waals surface area contributed by atoms with Crippen molar-refractivity contribution in [3.05, 3.63) is 70.5 Å². The van der Waals surface area contributed by atoms with E-state index in [0.717, 1.165) is 42.7 Å². The number of carbonyl (C=O) groups is 1. The number of fused-ring (bicyclic) bond motifs is 1. The zero-order valence-electron chi connectivity index (χ0n) is 16.7. The number of rotatable bonds is 5. The van der Waals surface area contributed by atoms with Crippen molar-refractivity contribution in [3.63, 3.8) is 0 Å². The molecule has 1 aromatic heterocycles. The second kappa shape index (κ2) is 8.47. The van der Waals surface area contributed by atoms with Gasteiger partial charge in [0.05, 0.1) is 5.39 Å². The molecule has 29 heavy (non-hydrogen) atoms. The van der Waals surface area contributed by atoms with Crippen molar-refractivity contribution in [1.82, 2.24) is 15.1 Å². The summed E-state index contributed by atoms with van der Waals surface area (Å²) in [4.78, 5) is 27.6. The summed E-state index contributed by atoms with van der Waals surface area (Å²) in [5.74, 6) is 1.27. The summed E-state index contributed by atoms with van der Waals surface area (Å²) in [5, 5.41) is 8.95. The molecule has 1 amide bonds. The average Bonchev–Trinajstić information content (AvgIpc) is 2.76. The molecule has 0 saturated carbocycles. The molecule has 0 bridgehead atoms. The molecule has 6 nitrogen and oxygen atoms in total. The van der Waals surface area contributed by atoms with Crippen LogP contribution in [-0.4, -0.2) is 28.8 Å². The molecule has 2 heterocycles. The van der Waals surface area contributed by atoms with E-state index >= 15 is 0 Å². The quantitative estimate of drug-likeness (QED) is 0.727. The lowest BCUT2D eigenvalue weighted by atomic mass is 9.99. The number of nitrogens with zero attached hydrogens (tertiary/aromatic N) is 3. The van der Waals surface area contributed by atoms with Crippen LogP contribution in [0.4, 0.5) is 5.82 Å². The van der Waals surface area contributed by atoms with E-state index in [2.05, 4.69) is 22.2 Å². The van der Waals surface area contributed by atoms with Gasteiger partial charge in [-0.2, -0.15) is 5.10 Å². The van der Waals surface area contributed by atoms with Crippen molar-refractivity contribution in [2.45, 2.75) is 32.9 Å². The lowest BCUT2D eigenvalue weighted by Gasteiger charge is -2.32. The third kappa shape index (κ3) is 4.31. The molecule has 2 aromatic carbocycles. The Kier molecular flexibility index (Phi) is 5.60. The molecule has 0 radical (unpaired) electrons. The molecule has 0 unspecified atom stereocenters. The molecule has 1 fully saturated rings. The maximum atomic E-state index is 12.9. The first-order chi connectivity index (χ1) is 14.1. The second-order valence-corrected chi connectivity index (χ2v) is 7.76. The molecular formula is C23H26N4O2. The SMILES string of the molecule is CC1CCN(c2nn(CC(=O)NCc3ccccc3)c(=O)c3ccccc23)CC1. The molecule has 1 N–H and O–H groups in total. The number of piperidine rings is 1. The molecule has 0 aliphatic carbocycles. The van der Waals surface area contributed by atoms with Crippen LogP contribution in [-0.2, 0) is 17.9 Å². The Labute approximate surface area is 170 Å². The highest BCUT2D eigenvalue weighted by atomic mass is 16.2. The number of benzene rings is 2. The van der Waals surface area contributed by atoms with E-state index in [0.29, 0.717) is 17.8 Å². The molecule has 1 aliphatic heterocycles. The number of aromatic nitrogens is 2. The first-order valence-corrected chi connectivity index (χ1v) is 10.2. The van der Waals surface area contributed by atoms with Crippen LogP contribution in [0.25, 0.3) is 10.8 Å². The number of nitrogens with one attached hydrogen (secondary N) is 1. The van der Waals surface area contributed by atoms with Gasteiger partial charge in [0.15, 0.2) is 5.82 Å². The van der Waals surface area contributed by atoms with Crippen LogP contribution in [0, 0.1) is 5.92 Å². The minimum atomic E-state index is -0.232. The Morgan fingerprint density at radius 3 is 2.41 bits per heavy atom. The Bertz CT molecular complexity index is 1050. The Balaban J connectivity index is 1.59. The number of hydrogen-bond acceptors (Lipinski definition) is 4. The van der Waals surface area contributed by atoms with Crippen LogP contribution >= 0.6 is 0 Å². The largest absolute Gasteiger partial charge is 0.355 e. The number of anilines is 1. The van der Waals surface area contributed by atoms with Crippen LogP contribution in [0.1, 0.15) is 25.3 Å². The van der Waals surface area contributed by atoms with E-state index in [1.165, 1.54) is 4.68 Å². The summed E-state index contributed by atoms with van der Waals surface area (Å²) in [7, 11) is 0. The van der Waals surface area contributed by atoms with Crippen molar-refractivity contribution in [1.29, 1.82) is 0 Å². The molecule has 150 valence electrons. The van der Waals surface area contributed by atoms with Gasteiger partial charge in [0.2, 0.25) is 5.91 Å². The van der Waals surface area contributed by atoms with Crippen LogP contribution in [0.2, 0.25) is 0 Å². The maximum absolute atomic E-state index is 12.9. The van der Waals surface area contributed by atoms with Crippen LogP contribution in [0.5, 0.6) is 0 Å². The lowest BCUT2D eigenvalue weighted by molar-refractivity contribution is -0.122. The maximum Gasteiger partial charge on any atom is 0.275 e. The fraction of sp³-hybridized carbons (Fsp3) is 0.348. The topological polar surface area (TPSA) is 67.2 Å². The number of hydrogen-bond donors (Lipinski definition) is 1. The van der Waals surface area contributed by atoms with Crippen molar-refractivity contribution < 1.29 is 4.79 Å². The third-order valence-corrected chi connectivity index (χ3v) is 5.56. The highest BCUT2D eigenvalue weighted by Gasteiger charge is 2.21. The average molecular weight is 390 g/mol. The summed E-state index contributed by atoms with van der Waals surface area (Å²) < 4.78 is 1.30. The third-order valence-electron chi connectivity index (χ3n) is 5.56.